The van der Waals surface area contributed by atoms with Gasteiger partial charge in [-0.3, -0.25) is 9.59 Å². The van der Waals surface area contributed by atoms with Crippen molar-refractivity contribution in [2.24, 2.45) is 0 Å². The summed E-state index contributed by atoms with van der Waals surface area (Å²) < 4.78 is 13.7. The molecule has 2 heterocycles. The second kappa shape index (κ2) is 7.72. The number of benzene rings is 1. The van der Waals surface area contributed by atoms with Gasteiger partial charge in [-0.1, -0.05) is 6.07 Å². The van der Waals surface area contributed by atoms with Crippen molar-refractivity contribution in [1.82, 2.24) is 20.2 Å². The average Bonchev–Trinajstić information content (AvgIpc) is 2.53. The number of hydrogen-bond donors (Lipinski definition) is 2. The number of aromatic nitrogens is 2. The van der Waals surface area contributed by atoms with Crippen LogP contribution in [0.2, 0.25) is 0 Å². The molecule has 1 atom stereocenters. The van der Waals surface area contributed by atoms with Gasteiger partial charge >= 0.3 is 0 Å². The van der Waals surface area contributed by atoms with Crippen LogP contribution >= 0.6 is 12.4 Å². The molecule has 1 fully saturated rings. The fourth-order valence-electron chi connectivity index (χ4n) is 2.90. The summed E-state index contributed by atoms with van der Waals surface area (Å²) in [5, 5.41) is 3.19. The van der Waals surface area contributed by atoms with E-state index in [2.05, 4.69) is 15.3 Å². The fourth-order valence-corrected chi connectivity index (χ4v) is 2.90. The number of aryl methyl sites for hydroxylation is 1. The number of nitrogens with one attached hydrogen (secondary N) is 2. The van der Waals surface area contributed by atoms with Gasteiger partial charge in [0, 0.05) is 38.5 Å². The number of carbonyl (C=O) groups is 1. The van der Waals surface area contributed by atoms with Crippen molar-refractivity contribution in [3.05, 3.63) is 40.2 Å². The highest BCUT2D eigenvalue weighted by molar-refractivity contribution is 5.85. The normalized spacial score (nSPS) is 17.6. The van der Waals surface area contributed by atoms with E-state index < -0.39 is 11.4 Å². The number of piperazine rings is 1. The average molecular weight is 355 g/mol. The molecule has 0 bridgehead atoms. The number of carbonyl (C=O) groups excluding carboxylic acids is 1. The van der Waals surface area contributed by atoms with Crippen molar-refractivity contribution in [3.63, 3.8) is 0 Å². The number of amides is 1. The number of nitrogens with zero attached hydrogens (tertiary/aromatic N) is 2. The number of rotatable bonds is 3. The largest absolute Gasteiger partial charge is 0.337 e. The molecule has 1 aromatic heterocycles. The van der Waals surface area contributed by atoms with Gasteiger partial charge in [-0.25, -0.2) is 9.37 Å². The number of fused-ring (bicyclic) bond motifs is 1. The molecule has 0 aliphatic carbocycles. The number of halogens is 2. The van der Waals surface area contributed by atoms with E-state index in [0.29, 0.717) is 24.3 Å². The highest BCUT2D eigenvalue weighted by Gasteiger charge is 2.22. The van der Waals surface area contributed by atoms with E-state index in [-0.39, 0.29) is 36.2 Å². The molecule has 0 unspecified atom stereocenters. The molecule has 2 N–H and O–H groups in total. The lowest BCUT2D eigenvalue weighted by molar-refractivity contribution is -0.133. The molecule has 0 spiro atoms. The molecular formula is C16H20ClFN4O2. The van der Waals surface area contributed by atoms with E-state index in [1.165, 1.54) is 12.1 Å². The van der Waals surface area contributed by atoms with Gasteiger partial charge in [-0.2, -0.15) is 0 Å². The Labute approximate surface area is 144 Å². The Morgan fingerprint density at radius 1 is 1.46 bits per heavy atom. The standard InChI is InChI=1S/C16H19FN4O2.ClH/c1-10-9-18-7-8-21(10)14(22)6-5-13-19-12-4-2-3-11(17)15(12)16(23)20-13;/h2-4,10,18H,5-9H2,1H3,(H,19,20,23);1H/t10-;/m0./s1. The second-order valence-electron chi connectivity index (χ2n) is 5.79. The van der Waals surface area contributed by atoms with Gasteiger partial charge in [-0.15, -0.1) is 12.4 Å². The summed E-state index contributed by atoms with van der Waals surface area (Å²) in [6.45, 7) is 4.27. The lowest BCUT2D eigenvalue weighted by atomic mass is 10.1. The van der Waals surface area contributed by atoms with Gasteiger partial charge in [0.2, 0.25) is 5.91 Å². The second-order valence-corrected chi connectivity index (χ2v) is 5.79. The molecule has 1 aliphatic heterocycles. The molecule has 24 heavy (non-hydrogen) atoms. The van der Waals surface area contributed by atoms with Gasteiger partial charge < -0.3 is 15.2 Å². The first-order valence-corrected chi connectivity index (χ1v) is 7.74. The third-order valence-corrected chi connectivity index (χ3v) is 4.13. The van der Waals surface area contributed by atoms with Crippen LogP contribution in [0.3, 0.4) is 0 Å². The fraction of sp³-hybridized carbons (Fsp3) is 0.438. The Kier molecular flexibility index (Phi) is 5.90. The van der Waals surface area contributed by atoms with Gasteiger partial charge in [-0.05, 0) is 19.1 Å². The first kappa shape index (κ1) is 18.4. The van der Waals surface area contributed by atoms with Crippen LogP contribution in [-0.4, -0.2) is 46.5 Å². The molecule has 1 amide bonds. The number of H-pyrrole nitrogens is 1. The topological polar surface area (TPSA) is 78.1 Å². The first-order chi connectivity index (χ1) is 11.1. The third kappa shape index (κ3) is 3.73. The van der Waals surface area contributed by atoms with E-state index in [0.717, 1.165) is 13.1 Å². The van der Waals surface area contributed by atoms with Gasteiger partial charge in [0.25, 0.3) is 5.56 Å². The minimum atomic E-state index is -0.589. The van der Waals surface area contributed by atoms with Gasteiger partial charge in [0.15, 0.2) is 0 Å². The zero-order valence-electron chi connectivity index (χ0n) is 13.3. The highest BCUT2D eigenvalue weighted by atomic mass is 35.5. The van der Waals surface area contributed by atoms with E-state index in [9.17, 15) is 14.0 Å². The molecule has 2 aromatic rings. The van der Waals surface area contributed by atoms with Crippen LogP contribution in [0.15, 0.2) is 23.0 Å². The monoisotopic (exact) mass is 354 g/mol. The molecule has 0 saturated carbocycles. The lowest BCUT2D eigenvalue weighted by Gasteiger charge is -2.34. The van der Waals surface area contributed by atoms with Crippen LogP contribution in [0.5, 0.6) is 0 Å². The summed E-state index contributed by atoms with van der Waals surface area (Å²) in [6, 6.07) is 4.50. The first-order valence-electron chi connectivity index (χ1n) is 7.74. The van der Waals surface area contributed by atoms with Crippen molar-refractivity contribution in [2.75, 3.05) is 19.6 Å². The molecule has 1 saturated heterocycles. The Balaban J connectivity index is 0.00000208. The van der Waals surface area contributed by atoms with Gasteiger partial charge in [0.1, 0.15) is 17.0 Å². The molecule has 0 radical (unpaired) electrons. The molecule has 1 aliphatic rings. The lowest BCUT2D eigenvalue weighted by Crippen LogP contribution is -2.52. The molecular weight excluding hydrogens is 335 g/mol. The Hall–Kier alpha value is -1.99. The summed E-state index contributed by atoms with van der Waals surface area (Å²) in [6.07, 6.45) is 0.602. The summed E-state index contributed by atoms with van der Waals surface area (Å²) in [5.74, 6) is -0.140. The zero-order valence-corrected chi connectivity index (χ0v) is 14.2. The van der Waals surface area contributed by atoms with Crippen LogP contribution in [0, 0.1) is 5.82 Å². The SMILES string of the molecule is C[C@H]1CNCCN1C(=O)CCc1nc2cccc(F)c2c(=O)[nH]1.Cl. The highest BCUT2D eigenvalue weighted by Crippen LogP contribution is 2.12. The Bertz CT molecular complexity index is 795. The quantitative estimate of drug-likeness (QED) is 0.869. The van der Waals surface area contributed by atoms with E-state index in [4.69, 9.17) is 0 Å². The molecule has 6 nitrogen and oxygen atoms in total. The molecule has 3 rings (SSSR count). The van der Waals surface area contributed by atoms with Gasteiger partial charge in [0.05, 0.1) is 5.52 Å². The molecule has 1 aromatic carbocycles. The summed E-state index contributed by atoms with van der Waals surface area (Å²) >= 11 is 0. The summed E-state index contributed by atoms with van der Waals surface area (Å²) in [7, 11) is 0. The Morgan fingerprint density at radius 2 is 2.25 bits per heavy atom. The smallest absolute Gasteiger partial charge is 0.261 e. The maximum atomic E-state index is 13.7. The maximum absolute atomic E-state index is 13.7. The maximum Gasteiger partial charge on any atom is 0.261 e. The van der Waals surface area contributed by atoms with Crippen molar-refractivity contribution >= 4 is 29.2 Å². The number of hydrogen-bond acceptors (Lipinski definition) is 4. The third-order valence-electron chi connectivity index (χ3n) is 4.13. The van der Waals surface area contributed by atoms with E-state index in [1.54, 1.807) is 6.07 Å². The van der Waals surface area contributed by atoms with Crippen molar-refractivity contribution in [3.8, 4) is 0 Å². The van der Waals surface area contributed by atoms with Crippen molar-refractivity contribution in [2.45, 2.75) is 25.8 Å². The van der Waals surface area contributed by atoms with Crippen molar-refractivity contribution < 1.29 is 9.18 Å². The predicted octanol–water partition coefficient (Wildman–Crippen LogP) is 1.24. The number of aromatic amines is 1. The van der Waals surface area contributed by atoms with Crippen LogP contribution < -0.4 is 10.9 Å². The molecule has 8 heteroatoms. The van der Waals surface area contributed by atoms with E-state index in [1.807, 2.05) is 11.8 Å². The van der Waals surface area contributed by atoms with Crippen LogP contribution in [0.1, 0.15) is 19.2 Å². The van der Waals surface area contributed by atoms with Crippen LogP contribution in [0.25, 0.3) is 10.9 Å². The Morgan fingerprint density at radius 3 is 3.00 bits per heavy atom. The minimum absolute atomic E-state index is 0. The summed E-state index contributed by atoms with van der Waals surface area (Å²) in [4.78, 5) is 33.0. The minimum Gasteiger partial charge on any atom is -0.337 e. The van der Waals surface area contributed by atoms with Crippen LogP contribution in [-0.2, 0) is 11.2 Å². The molecule has 130 valence electrons. The van der Waals surface area contributed by atoms with E-state index >= 15 is 0 Å². The van der Waals surface area contributed by atoms with Crippen molar-refractivity contribution in [1.29, 1.82) is 0 Å². The summed E-state index contributed by atoms with van der Waals surface area (Å²) in [5.41, 5.74) is -0.196. The van der Waals surface area contributed by atoms with Crippen LogP contribution in [0.4, 0.5) is 4.39 Å². The zero-order chi connectivity index (χ0) is 16.4. The predicted molar refractivity (Wildman–Crippen MR) is 91.9 cm³/mol.